The molecule has 0 radical (unpaired) electrons. The molecule has 0 saturated carbocycles. The quantitative estimate of drug-likeness (QED) is 0.503. The number of piperidine rings is 1. The molecule has 5 heteroatoms. The Balaban J connectivity index is 1.32. The van der Waals surface area contributed by atoms with Gasteiger partial charge in [0.25, 0.3) is 0 Å². The second-order valence-electron chi connectivity index (χ2n) is 7.28. The lowest BCUT2D eigenvalue weighted by molar-refractivity contribution is -0.137. The summed E-state index contributed by atoms with van der Waals surface area (Å²) in [5.74, 6) is 0.228. The molecule has 1 aromatic heterocycles. The second-order valence-corrected chi connectivity index (χ2v) is 8.23. The number of thiophene rings is 1. The molecule has 2 heterocycles. The molecule has 1 aliphatic heterocycles. The first kappa shape index (κ1) is 18.5. The minimum Gasteiger partial charge on any atom is -0.303 e. The topological polar surface area (TPSA) is 3.24 Å². The van der Waals surface area contributed by atoms with E-state index in [4.69, 9.17) is 0 Å². The van der Waals surface area contributed by atoms with Gasteiger partial charge >= 0.3 is 6.18 Å². The van der Waals surface area contributed by atoms with Gasteiger partial charge in [0, 0.05) is 11.2 Å². The van der Waals surface area contributed by atoms with Crippen molar-refractivity contribution in [3.05, 3.63) is 70.6 Å². The van der Waals surface area contributed by atoms with Crippen molar-refractivity contribution in [1.29, 1.82) is 0 Å². The van der Waals surface area contributed by atoms with Crippen LogP contribution >= 0.6 is 11.3 Å². The van der Waals surface area contributed by atoms with E-state index < -0.39 is 11.7 Å². The highest BCUT2D eigenvalue weighted by Gasteiger charge is 2.31. The van der Waals surface area contributed by atoms with Crippen molar-refractivity contribution >= 4 is 21.4 Å². The van der Waals surface area contributed by atoms with Crippen molar-refractivity contribution in [3.63, 3.8) is 0 Å². The maximum Gasteiger partial charge on any atom is 0.416 e. The monoisotopic (exact) mass is 389 g/mol. The van der Waals surface area contributed by atoms with E-state index in [0.717, 1.165) is 50.5 Å². The largest absolute Gasteiger partial charge is 0.416 e. The van der Waals surface area contributed by atoms with E-state index in [0.29, 0.717) is 0 Å². The van der Waals surface area contributed by atoms with Gasteiger partial charge in [-0.05, 0) is 78.4 Å². The predicted molar refractivity (Wildman–Crippen MR) is 105 cm³/mol. The first-order chi connectivity index (χ1) is 13.0. The molecule has 0 amide bonds. The van der Waals surface area contributed by atoms with Crippen molar-refractivity contribution in [2.24, 2.45) is 0 Å². The van der Waals surface area contributed by atoms with Crippen LogP contribution in [0.2, 0.25) is 0 Å². The number of rotatable bonds is 4. The van der Waals surface area contributed by atoms with Gasteiger partial charge in [0.15, 0.2) is 0 Å². The summed E-state index contributed by atoms with van der Waals surface area (Å²) in [7, 11) is 0. The molecule has 1 nitrogen and oxygen atoms in total. The van der Waals surface area contributed by atoms with E-state index in [1.165, 1.54) is 27.8 Å². The van der Waals surface area contributed by atoms with Crippen molar-refractivity contribution in [2.75, 3.05) is 19.6 Å². The highest BCUT2D eigenvalue weighted by Crippen LogP contribution is 2.34. The number of hydrogen-bond donors (Lipinski definition) is 0. The van der Waals surface area contributed by atoms with Crippen molar-refractivity contribution < 1.29 is 13.2 Å². The molecule has 3 aromatic rings. The zero-order valence-corrected chi connectivity index (χ0v) is 15.8. The average molecular weight is 389 g/mol. The standard InChI is InChI=1S/C22H22F3NS/c23-22(24,25)20-3-1-2-19(15-20)17-7-11-26(12-8-17)10-6-16-4-5-18-9-13-27-21(18)14-16/h1-5,9,13-15,17H,6-8,10-12H2. The van der Waals surface area contributed by atoms with Crippen molar-refractivity contribution in [2.45, 2.75) is 31.4 Å². The molecule has 27 heavy (non-hydrogen) atoms. The molecule has 0 spiro atoms. The van der Waals surface area contributed by atoms with Crippen LogP contribution in [0.3, 0.4) is 0 Å². The van der Waals surface area contributed by atoms with Gasteiger partial charge < -0.3 is 4.90 Å². The van der Waals surface area contributed by atoms with Crippen LogP contribution in [-0.4, -0.2) is 24.5 Å². The molecule has 1 fully saturated rings. The maximum absolute atomic E-state index is 12.9. The number of halogens is 3. The maximum atomic E-state index is 12.9. The summed E-state index contributed by atoms with van der Waals surface area (Å²) in [6.07, 6.45) is -1.40. The summed E-state index contributed by atoms with van der Waals surface area (Å²) in [5.41, 5.74) is 1.64. The van der Waals surface area contributed by atoms with E-state index in [-0.39, 0.29) is 5.92 Å². The molecule has 0 N–H and O–H groups in total. The summed E-state index contributed by atoms with van der Waals surface area (Å²) < 4.78 is 40.1. The lowest BCUT2D eigenvalue weighted by Gasteiger charge is -2.32. The van der Waals surface area contributed by atoms with Gasteiger partial charge in [-0.15, -0.1) is 11.3 Å². The highest BCUT2D eigenvalue weighted by molar-refractivity contribution is 7.17. The molecule has 0 unspecified atom stereocenters. The third-order valence-electron chi connectivity index (χ3n) is 5.51. The minimum atomic E-state index is -4.26. The van der Waals surface area contributed by atoms with Crippen LogP contribution in [0.5, 0.6) is 0 Å². The van der Waals surface area contributed by atoms with Gasteiger partial charge in [-0.3, -0.25) is 0 Å². The molecular formula is C22H22F3NS. The zero-order valence-electron chi connectivity index (χ0n) is 15.0. The first-order valence-corrected chi connectivity index (χ1v) is 10.2. The predicted octanol–water partition coefficient (Wildman–Crippen LogP) is 6.34. The van der Waals surface area contributed by atoms with E-state index in [2.05, 4.69) is 34.5 Å². The van der Waals surface area contributed by atoms with E-state index in [1.54, 1.807) is 11.3 Å². The van der Waals surface area contributed by atoms with Gasteiger partial charge in [-0.25, -0.2) is 0 Å². The molecule has 2 aromatic carbocycles. The normalized spacial score (nSPS) is 16.9. The van der Waals surface area contributed by atoms with Crippen LogP contribution in [-0.2, 0) is 12.6 Å². The molecule has 0 atom stereocenters. The van der Waals surface area contributed by atoms with E-state index in [1.807, 2.05) is 6.07 Å². The zero-order chi connectivity index (χ0) is 18.9. The van der Waals surface area contributed by atoms with Gasteiger partial charge in [-0.1, -0.05) is 30.3 Å². The van der Waals surface area contributed by atoms with Crippen LogP contribution < -0.4 is 0 Å². The van der Waals surface area contributed by atoms with Gasteiger partial charge in [0.2, 0.25) is 0 Å². The number of benzene rings is 2. The smallest absolute Gasteiger partial charge is 0.303 e. The Morgan fingerprint density at radius 2 is 1.81 bits per heavy atom. The van der Waals surface area contributed by atoms with E-state index >= 15 is 0 Å². The summed E-state index contributed by atoms with van der Waals surface area (Å²) in [6.45, 7) is 2.90. The second kappa shape index (κ2) is 7.64. The Hall–Kier alpha value is -1.85. The molecule has 1 aliphatic rings. The number of likely N-dealkylation sites (tertiary alicyclic amines) is 1. The fourth-order valence-electron chi connectivity index (χ4n) is 3.90. The third-order valence-corrected chi connectivity index (χ3v) is 6.39. The van der Waals surface area contributed by atoms with Gasteiger partial charge in [0.1, 0.15) is 0 Å². The molecule has 1 saturated heterocycles. The molecule has 4 rings (SSSR count). The fourth-order valence-corrected chi connectivity index (χ4v) is 4.75. The van der Waals surface area contributed by atoms with Crippen LogP contribution in [0, 0.1) is 0 Å². The SMILES string of the molecule is FC(F)(F)c1cccc(C2CCN(CCc3ccc4ccsc4c3)CC2)c1. The van der Waals surface area contributed by atoms with E-state index in [9.17, 15) is 13.2 Å². The molecule has 0 bridgehead atoms. The Morgan fingerprint density at radius 3 is 2.59 bits per heavy atom. The molecule has 142 valence electrons. The molecule has 0 aliphatic carbocycles. The van der Waals surface area contributed by atoms with Crippen molar-refractivity contribution in [1.82, 2.24) is 4.90 Å². The summed E-state index contributed by atoms with van der Waals surface area (Å²) >= 11 is 1.77. The summed E-state index contributed by atoms with van der Waals surface area (Å²) in [5, 5.41) is 3.41. The number of alkyl halides is 3. The average Bonchev–Trinajstić information content (AvgIpc) is 3.14. The van der Waals surface area contributed by atoms with Crippen LogP contribution in [0.25, 0.3) is 10.1 Å². The fraction of sp³-hybridized carbons (Fsp3) is 0.364. The summed E-state index contributed by atoms with van der Waals surface area (Å²) in [6, 6.07) is 14.7. The van der Waals surface area contributed by atoms with Crippen LogP contribution in [0.15, 0.2) is 53.9 Å². The Bertz CT molecular complexity index is 907. The minimum absolute atomic E-state index is 0.228. The van der Waals surface area contributed by atoms with Gasteiger partial charge in [-0.2, -0.15) is 13.2 Å². The molecular weight excluding hydrogens is 367 g/mol. The number of hydrogen-bond acceptors (Lipinski definition) is 2. The Labute approximate surface area is 161 Å². The van der Waals surface area contributed by atoms with Crippen LogP contribution in [0.1, 0.15) is 35.4 Å². The lowest BCUT2D eigenvalue weighted by atomic mass is 9.88. The van der Waals surface area contributed by atoms with Crippen LogP contribution in [0.4, 0.5) is 13.2 Å². The van der Waals surface area contributed by atoms with Gasteiger partial charge in [0.05, 0.1) is 5.56 Å². The third kappa shape index (κ3) is 4.36. The summed E-state index contributed by atoms with van der Waals surface area (Å²) in [4.78, 5) is 2.43. The lowest BCUT2D eigenvalue weighted by Crippen LogP contribution is -2.34. The highest BCUT2D eigenvalue weighted by atomic mass is 32.1. The first-order valence-electron chi connectivity index (χ1n) is 9.35. The Kier molecular flexibility index (Phi) is 5.24. The number of nitrogens with zero attached hydrogens (tertiary/aromatic N) is 1. The Morgan fingerprint density at radius 1 is 1.00 bits per heavy atom. The number of fused-ring (bicyclic) bond motifs is 1. The van der Waals surface area contributed by atoms with Crippen molar-refractivity contribution in [3.8, 4) is 0 Å².